The lowest BCUT2D eigenvalue weighted by atomic mass is 10.2. The summed E-state index contributed by atoms with van der Waals surface area (Å²) < 4.78 is 7.06. The van der Waals surface area contributed by atoms with E-state index in [1.54, 1.807) is 6.92 Å². The number of aldehydes is 1. The van der Waals surface area contributed by atoms with Crippen molar-refractivity contribution in [1.29, 1.82) is 0 Å². The van der Waals surface area contributed by atoms with Crippen LogP contribution in [0.3, 0.4) is 0 Å². The molecule has 0 saturated heterocycles. The maximum Gasteiger partial charge on any atom is 0.122 e. The highest BCUT2D eigenvalue weighted by Gasteiger charge is 1.89. The van der Waals surface area contributed by atoms with Gasteiger partial charge in [-0.15, -0.1) is 0 Å². The molecule has 1 nitrogen and oxygen atoms in total. The van der Waals surface area contributed by atoms with Crippen LogP contribution >= 0.6 is 0 Å². The highest BCUT2D eigenvalue weighted by Crippen LogP contribution is 1.91. The van der Waals surface area contributed by atoms with E-state index in [2.05, 4.69) is 0 Å². The Kier molecular flexibility index (Phi) is 1.85. The van der Waals surface area contributed by atoms with Crippen molar-refractivity contribution in [2.75, 3.05) is 0 Å². The number of rotatable bonds is 2. The summed E-state index contributed by atoms with van der Waals surface area (Å²) in [7, 11) is 0. The highest BCUT2D eigenvalue weighted by molar-refractivity contribution is 5.52. The highest BCUT2D eigenvalue weighted by atomic mass is 16.1. The lowest BCUT2D eigenvalue weighted by Gasteiger charge is -1.89. The van der Waals surface area contributed by atoms with Crippen molar-refractivity contribution in [3.05, 3.63) is 0 Å². The molecule has 0 rings (SSSR count). The van der Waals surface area contributed by atoms with Gasteiger partial charge in [-0.25, -0.2) is 0 Å². The van der Waals surface area contributed by atoms with Gasteiger partial charge in [0.1, 0.15) is 6.29 Å². The van der Waals surface area contributed by atoms with Crippen LogP contribution in [-0.2, 0) is 4.79 Å². The first-order valence-electron chi connectivity index (χ1n) is 2.59. The standard InChI is InChI=1S/C5H10O/c1-3-5(2)4-6/h4-5H,3H2,1-2H3/i5D. The quantitative estimate of drug-likeness (QED) is 0.463. The van der Waals surface area contributed by atoms with Gasteiger partial charge in [0.05, 0.1) is 0 Å². The van der Waals surface area contributed by atoms with Crippen LogP contribution in [0.25, 0.3) is 0 Å². The van der Waals surface area contributed by atoms with Crippen LogP contribution in [0.2, 0.25) is 0 Å². The van der Waals surface area contributed by atoms with E-state index in [1.165, 1.54) is 0 Å². The van der Waals surface area contributed by atoms with E-state index in [0.29, 0.717) is 12.7 Å². The largest absolute Gasteiger partial charge is 0.303 e. The minimum Gasteiger partial charge on any atom is -0.303 e. The zero-order valence-electron chi connectivity index (χ0n) is 5.19. The van der Waals surface area contributed by atoms with E-state index in [0.717, 1.165) is 0 Å². The molecule has 0 bridgehead atoms. The Hall–Kier alpha value is -0.330. The monoisotopic (exact) mass is 87.1 g/mol. The van der Waals surface area contributed by atoms with Gasteiger partial charge in [0.2, 0.25) is 0 Å². The molecular formula is C5H10O. The number of carbonyl (C=O) groups is 1. The topological polar surface area (TPSA) is 17.1 Å². The zero-order valence-corrected chi connectivity index (χ0v) is 4.19. The predicted molar refractivity (Wildman–Crippen MR) is 25.5 cm³/mol. The van der Waals surface area contributed by atoms with Crippen LogP contribution < -0.4 is 0 Å². The fourth-order valence-electron chi connectivity index (χ4n) is 0.0833. The van der Waals surface area contributed by atoms with Gasteiger partial charge in [-0.2, -0.15) is 0 Å². The van der Waals surface area contributed by atoms with Crippen molar-refractivity contribution in [3.63, 3.8) is 0 Å². The molecule has 0 amide bonds. The average Bonchev–Trinajstić information content (AvgIpc) is 1.68. The molecule has 0 N–H and O–H groups in total. The van der Waals surface area contributed by atoms with Gasteiger partial charge in [-0.3, -0.25) is 0 Å². The molecular weight excluding hydrogens is 76.1 g/mol. The molecule has 1 unspecified atom stereocenters. The summed E-state index contributed by atoms with van der Waals surface area (Å²) in [6.45, 7) is 3.42. The molecule has 0 radical (unpaired) electrons. The Labute approximate surface area is 39.8 Å². The molecule has 36 valence electrons. The van der Waals surface area contributed by atoms with Gasteiger partial charge in [-0.1, -0.05) is 13.8 Å². The summed E-state index contributed by atoms with van der Waals surface area (Å²) in [5.41, 5.74) is 0. The van der Waals surface area contributed by atoms with Crippen molar-refractivity contribution >= 4 is 6.29 Å². The Bertz CT molecular complexity index is 68.5. The smallest absolute Gasteiger partial charge is 0.122 e. The third-order valence-corrected chi connectivity index (χ3v) is 0.759. The molecule has 0 aliphatic heterocycles. The second-order valence-corrected chi connectivity index (χ2v) is 1.32. The fourth-order valence-corrected chi connectivity index (χ4v) is 0.0833. The van der Waals surface area contributed by atoms with Crippen LogP contribution in [0, 0.1) is 5.89 Å². The Morgan fingerprint density at radius 1 is 2.17 bits per heavy atom. The van der Waals surface area contributed by atoms with Gasteiger partial charge in [0, 0.05) is 7.26 Å². The fraction of sp³-hybridized carbons (Fsp3) is 0.800. The lowest BCUT2D eigenvalue weighted by molar-refractivity contribution is -0.110. The first kappa shape index (κ1) is 3.85. The first-order chi connectivity index (χ1) is 3.12. The zero-order chi connectivity index (χ0) is 5.91. The van der Waals surface area contributed by atoms with Crippen LogP contribution in [0.15, 0.2) is 0 Å². The van der Waals surface area contributed by atoms with Gasteiger partial charge < -0.3 is 4.79 Å². The van der Waals surface area contributed by atoms with Crippen molar-refractivity contribution in [2.45, 2.75) is 20.3 Å². The molecule has 1 heteroatoms. The third-order valence-electron chi connectivity index (χ3n) is 0.759. The second kappa shape index (κ2) is 2.88. The molecule has 0 saturated carbocycles. The number of carbonyl (C=O) groups excluding carboxylic acids is 1. The summed E-state index contributed by atoms with van der Waals surface area (Å²) in [6, 6.07) is 0. The molecule has 1 atom stereocenters. The van der Waals surface area contributed by atoms with Gasteiger partial charge in [-0.05, 0) is 6.42 Å². The minimum atomic E-state index is -0.847. The third kappa shape index (κ3) is 1.94. The van der Waals surface area contributed by atoms with Crippen molar-refractivity contribution in [1.82, 2.24) is 0 Å². The van der Waals surface area contributed by atoms with Crippen molar-refractivity contribution in [2.24, 2.45) is 5.89 Å². The lowest BCUT2D eigenvalue weighted by Crippen LogP contribution is -1.89. The summed E-state index contributed by atoms with van der Waals surface area (Å²) in [6.07, 6.45) is 1.25. The molecule has 6 heavy (non-hydrogen) atoms. The number of hydrogen-bond donors (Lipinski definition) is 0. The molecule has 0 aromatic carbocycles. The van der Waals surface area contributed by atoms with Crippen LogP contribution in [0.1, 0.15) is 21.6 Å². The van der Waals surface area contributed by atoms with E-state index >= 15 is 0 Å². The second-order valence-electron chi connectivity index (χ2n) is 1.32. The van der Waals surface area contributed by atoms with Crippen LogP contribution in [0.4, 0.5) is 0 Å². The Morgan fingerprint density at radius 2 is 2.67 bits per heavy atom. The van der Waals surface area contributed by atoms with E-state index in [9.17, 15) is 4.79 Å². The molecule has 0 fully saturated rings. The van der Waals surface area contributed by atoms with Crippen LogP contribution in [0.5, 0.6) is 0 Å². The van der Waals surface area contributed by atoms with E-state index < -0.39 is 5.89 Å². The minimum absolute atomic E-state index is 0.594. The summed E-state index contributed by atoms with van der Waals surface area (Å²) in [5, 5.41) is 0. The average molecular weight is 87.1 g/mol. The maximum absolute atomic E-state index is 9.87. The summed E-state index contributed by atoms with van der Waals surface area (Å²) >= 11 is 0. The normalized spacial score (nSPS) is 21.3. The molecule has 0 heterocycles. The molecule has 0 aliphatic rings. The van der Waals surface area contributed by atoms with Crippen molar-refractivity contribution in [3.8, 4) is 0 Å². The Balaban J connectivity index is 3.58. The van der Waals surface area contributed by atoms with E-state index in [-0.39, 0.29) is 0 Å². The Morgan fingerprint density at radius 3 is 2.67 bits per heavy atom. The van der Waals surface area contributed by atoms with Crippen LogP contribution in [-0.4, -0.2) is 6.29 Å². The summed E-state index contributed by atoms with van der Waals surface area (Å²) in [5.74, 6) is -0.847. The number of hydrogen-bond acceptors (Lipinski definition) is 1. The molecule has 0 aromatic heterocycles. The SMILES string of the molecule is [2H]C(C)(C=O)CC. The van der Waals surface area contributed by atoms with Gasteiger partial charge >= 0.3 is 0 Å². The first-order valence-corrected chi connectivity index (χ1v) is 2.09. The maximum atomic E-state index is 9.87. The summed E-state index contributed by atoms with van der Waals surface area (Å²) in [4.78, 5) is 9.87. The molecule has 0 aromatic rings. The van der Waals surface area contributed by atoms with Gasteiger partial charge in [0.15, 0.2) is 0 Å². The molecule has 0 spiro atoms. The van der Waals surface area contributed by atoms with E-state index in [1.807, 2.05) is 6.92 Å². The van der Waals surface area contributed by atoms with Crippen molar-refractivity contribution < 1.29 is 6.17 Å². The predicted octanol–water partition coefficient (Wildman–Crippen LogP) is 1.23. The van der Waals surface area contributed by atoms with E-state index in [4.69, 9.17) is 1.37 Å². The van der Waals surface area contributed by atoms with Gasteiger partial charge in [0.25, 0.3) is 0 Å². The molecule has 0 aliphatic carbocycles.